The smallest absolute Gasteiger partial charge is 0.312 e. The number of carbonyl (C=O) groups excluding carboxylic acids is 2. The summed E-state index contributed by atoms with van der Waals surface area (Å²) in [5.74, 6) is 0.280. The van der Waals surface area contributed by atoms with Crippen LogP contribution in [0.1, 0.15) is 43.3 Å². The fourth-order valence-electron chi connectivity index (χ4n) is 2.21. The highest BCUT2D eigenvalue weighted by atomic mass is 32.1. The first-order valence-corrected chi connectivity index (χ1v) is 7.49. The molecule has 1 aliphatic carbocycles. The predicted molar refractivity (Wildman–Crippen MR) is 71.9 cm³/mol. The molecule has 2 heterocycles. The van der Waals surface area contributed by atoms with E-state index >= 15 is 0 Å². The Balaban J connectivity index is 1.71. The zero-order valence-electron chi connectivity index (χ0n) is 11.1. The molecule has 0 atom stereocenters. The number of amides is 3. The maximum absolute atomic E-state index is 12.1. The summed E-state index contributed by atoms with van der Waals surface area (Å²) in [7, 11) is 0. The van der Waals surface area contributed by atoms with Crippen LogP contribution in [0.2, 0.25) is 0 Å². The molecule has 5 nitrogen and oxygen atoms in total. The summed E-state index contributed by atoms with van der Waals surface area (Å²) in [6.45, 7) is 4.72. The molecular formula is C13H17N3O2S. The van der Waals surface area contributed by atoms with Crippen molar-refractivity contribution in [3.8, 4) is 0 Å². The average molecular weight is 279 g/mol. The zero-order chi connectivity index (χ0) is 13.6. The van der Waals surface area contributed by atoms with E-state index in [0.717, 1.165) is 23.5 Å². The van der Waals surface area contributed by atoms with Gasteiger partial charge in [0, 0.05) is 17.3 Å². The van der Waals surface area contributed by atoms with Crippen LogP contribution >= 0.6 is 11.3 Å². The molecule has 102 valence electrons. The normalized spacial score (nSPS) is 19.9. The highest BCUT2D eigenvalue weighted by Crippen LogP contribution is 2.31. The van der Waals surface area contributed by atoms with Crippen LogP contribution in [0.5, 0.6) is 0 Å². The van der Waals surface area contributed by atoms with Gasteiger partial charge in [-0.15, -0.1) is 11.3 Å². The van der Waals surface area contributed by atoms with E-state index in [9.17, 15) is 9.59 Å². The van der Waals surface area contributed by atoms with Gasteiger partial charge in [-0.2, -0.15) is 0 Å². The van der Waals surface area contributed by atoms with Crippen LogP contribution in [0.25, 0.3) is 0 Å². The van der Waals surface area contributed by atoms with Crippen molar-refractivity contribution in [3.05, 3.63) is 16.1 Å². The van der Waals surface area contributed by atoms with Gasteiger partial charge in [0.25, 0.3) is 5.91 Å². The third-order valence-corrected chi connectivity index (χ3v) is 4.65. The molecule has 19 heavy (non-hydrogen) atoms. The highest BCUT2D eigenvalue weighted by molar-refractivity contribution is 7.09. The average Bonchev–Trinajstić information content (AvgIpc) is 3.03. The van der Waals surface area contributed by atoms with E-state index in [4.69, 9.17) is 0 Å². The van der Waals surface area contributed by atoms with Crippen LogP contribution in [-0.2, 0) is 11.3 Å². The molecule has 0 radical (unpaired) electrons. The lowest BCUT2D eigenvalue weighted by Crippen LogP contribution is -2.33. The summed E-state index contributed by atoms with van der Waals surface area (Å²) in [6, 6.07) is 0.148. The quantitative estimate of drug-likeness (QED) is 0.794. The number of thiazole rings is 1. The van der Waals surface area contributed by atoms with Crippen molar-refractivity contribution in [3.63, 3.8) is 0 Å². The number of carbonyl (C=O) groups is 2. The van der Waals surface area contributed by atoms with E-state index in [1.165, 1.54) is 4.90 Å². The van der Waals surface area contributed by atoms with E-state index < -0.39 is 0 Å². The molecular weight excluding hydrogens is 262 g/mol. The van der Waals surface area contributed by atoms with Gasteiger partial charge in [0.1, 0.15) is 6.54 Å². The Labute approximate surface area is 116 Å². The zero-order valence-corrected chi connectivity index (χ0v) is 11.9. The minimum atomic E-state index is -0.147. The van der Waals surface area contributed by atoms with Gasteiger partial charge >= 0.3 is 6.03 Å². The summed E-state index contributed by atoms with van der Waals surface area (Å²) in [4.78, 5) is 31.6. The van der Waals surface area contributed by atoms with Crippen molar-refractivity contribution in [2.75, 3.05) is 6.54 Å². The predicted octanol–water partition coefficient (Wildman–Crippen LogP) is 2.19. The molecule has 2 aliphatic rings. The Morgan fingerprint density at radius 1 is 1.42 bits per heavy atom. The minimum Gasteiger partial charge on any atom is -0.312 e. The van der Waals surface area contributed by atoms with Crippen LogP contribution in [0, 0.1) is 0 Å². The van der Waals surface area contributed by atoms with Crippen LogP contribution in [0.15, 0.2) is 5.38 Å². The molecule has 0 bridgehead atoms. The second-order valence-corrected chi connectivity index (χ2v) is 6.34. The van der Waals surface area contributed by atoms with Gasteiger partial charge in [0.15, 0.2) is 0 Å². The molecule has 0 N–H and O–H groups in total. The number of hydrogen-bond acceptors (Lipinski definition) is 4. The Bertz CT molecular complexity index is 522. The van der Waals surface area contributed by atoms with E-state index in [1.807, 2.05) is 5.38 Å². The molecule has 0 aromatic carbocycles. The summed E-state index contributed by atoms with van der Waals surface area (Å²) in [5.41, 5.74) is 0.813. The second kappa shape index (κ2) is 4.59. The minimum absolute atomic E-state index is 0.101. The first-order valence-electron chi connectivity index (χ1n) is 6.61. The number of urea groups is 1. The molecule has 3 rings (SSSR count). The van der Waals surface area contributed by atoms with Gasteiger partial charge in [0.05, 0.1) is 17.2 Å². The molecule has 6 heteroatoms. The lowest BCUT2D eigenvalue weighted by Gasteiger charge is -2.15. The Kier molecular flexibility index (Phi) is 3.05. The maximum atomic E-state index is 12.1. The Hall–Kier alpha value is -1.43. The summed E-state index contributed by atoms with van der Waals surface area (Å²) in [6.07, 6.45) is 2.06. The second-order valence-electron chi connectivity index (χ2n) is 5.45. The van der Waals surface area contributed by atoms with Crippen LogP contribution in [0.3, 0.4) is 0 Å². The largest absolute Gasteiger partial charge is 0.327 e. The SMILES string of the molecule is CC(C)c1nc(CN2C(=O)CN(C3CC3)C2=O)cs1. The molecule has 0 unspecified atom stereocenters. The molecule has 3 amide bonds. The summed E-state index contributed by atoms with van der Waals surface area (Å²) < 4.78 is 0. The molecule has 1 saturated heterocycles. The van der Waals surface area contributed by atoms with Gasteiger partial charge in [-0.3, -0.25) is 9.69 Å². The van der Waals surface area contributed by atoms with Crippen molar-refractivity contribution in [2.45, 2.75) is 45.2 Å². The third kappa shape index (κ3) is 2.36. The Morgan fingerprint density at radius 2 is 2.16 bits per heavy atom. The van der Waals surface area contributed by atoms with Crippen molar-refractivity contribution in [1.29, 1.82) is 0 Å². The van der Waals surface area contributed by atoms with Gasteiger partial charge in [-0.25, -0.2) is 9.78 Å². The molecule has 1 saturated carbocycles. The first kappa shape index (κ1) is 12.6. The monoisotopic (exact) mass is 279 g/mol. The maximum Gasteiger partial charge on any atom is 0.327 e. The van der Waals surface area contributed by atoms with Gasteiger partial charge < -0.3 is 4.90 Å². The number of hydrogen-bond donors (Lipinski definition) is 0. The third-order valence-electron chi connectivity index (χ3n) is 3.45. The number of aromatic nitrogens is 1. The van der Waals surface area contributed by atoms with Gasteiger partial charge in [-0.1, -0.05) is 13.8 Å². The number of rotatable bonds is 4. The van der Waals surface area contributed by atoms with Gasteiger partial charge in [-0.05, 0) is 12.8 Å². The van der Waals surface area contributed by atoms with Crippen molar-refractivity contribution in [2.24, 2.45) is 0 Å². The van der Waals surface area contributed by atoms with Gasteiger partial charge in [0.2, 0.25) is 0 Å². The van der Waals surface area contributed by atoms with Crippen LogP contribution in [-0.4, -0.2) is 39.3 Å². The molecule has 2 fully saturated rings. The van der Waals surface area contributed by atoms with E-state index in [-0.39, 0.29) is 18.5 Å². The van der Waals surface area contributed by atoms with Crippen molar-refractivity contribution >= 4 is 23.3 Å². The van der Waals surface area contributed by atoms with Crippen LogP contribution < -0.4 is 0 Å². The first-order chi connectivity index (χ1) is 9.06. The fourth-order valence-corrected chi connectivity index (χ4v) is 3.04. The molecule has 0 spiro atoms. The van der Waals surface area contributed by atoms with E-state index in [1.54, 1.807) is 16.2 Å². The highest BCUT2D eigenvalue weighted by Gasteiger charge is 2.43. The lowest BCUT2D eigenvalue weighted by atomic mass is 10.2. The molecule has 1 aromatic heterocycles. The van der Waals surface area contributed by atoms with Crippen molar-refractivity contribution < 1.29 is 9.59 Å². The van der Waals surface area contributed by atoms with E-state index in [0.29, 0.717) is 18.5 Å². The molecule has 1 aromatic rings. The number of imide groups is 1. The standard InChI is InChI=1S/C13H17N3O2S/c1-8(2)12-14-9(7-19-12)5-16-11(17)6-15(13(16)18)10-3-4-10/h7-8,10H,3-6H2,1-2H3. The summed E-state index contributed by atoms with van der Waals surface area (Å²) >= 11 is 1.59. The topological polar surface area (TPSA) is 53.5 Å². The summed E-state index contributed by atoms with van der Waals surface area (Å²) in [5, 5.41) is 2.99. The molecule has 1 aliphatic heterocycles. The van der Waals surface area contributed by atoms with E-state index in [2.05, 4.69) is 18.8 Å². The van der Waals surface area contributed by atoms with Crippen LogP contribution in [0.4, 0.5) is 4.79 Å². The number of nitrogens with zero attached hydrogens (tertiary/aromatic N) is 3. The lowest BCUT2D eigenvalue weighted by molar-refractivity contribution is -0.125. The Morgan fingerprint density at radius 3 is 2.74 bits per heavy atom. The van der Waals surface area contributed by atoms with Crippen molar-refractivity contribution in [1.82, 2.24) is 14.8 Å². The fraction of sp³-hybridized carbons (Fsp3) is 0.615.